The number of imidazole rings is 1. The van der Waals surface area contributed by atoms with Gasteiger partial charge >= 0.3 is 0 Å². The van der Waals surface area contributed by atoms with Gasteiger partial charge in [0.2, 0.25) is 5.95 Å². The first-order valence-electron chi connectivity index (χ1n) is 6.06. The van der Waals surface area contributed by atoms with Crippen molar-refractivity contribution >= 4 is 32.9 Å². The molecule has 5 heteroatoms. The van der Waals surface area contributed by atoms with Crippen LogP contribution >= 0.6 is 15.9 Å². The third-order valence-corrected chi connectivity index (χ3v) is 4.28. The number of hydrogen-bond donors (Lipinski definition) is 1. The topological polar surface area (TPSA) is 67.6 Å². The van der Waals surface area contributed by atoms with Crippen LogP contribution in [0, 0.1) is 18.3 Å². The number of nitriles is 1. The Morgan fingerprint density at radius 2 is 2.00 bits per heavy atom. The van der Waals surface area contributed by atoms with Crippen molar-refractivity contribution in [2.45, 2.75) is 6.92 Å². The number of fused-ring (bicyclic) bond motifs is 1. The molecule has 98 valence electrons. The number of benzene rings is 2. The fraction of sp³-hybridized carbons (Fsp3) is 0.0667. The minimum Gasteiger partial charge on any atom is -0.369 e. The van der Waals surface area contributed by atoms with Crippen LogP contribution in [0.15, 0.2) is 40.9 Å². The maximum Gasteiger partial charge on any atom is 0.206 e. The number of nitrogen functional groups attached to an aromatic ring is 1. The van der Waals surface area contributed by atoms with E-state index >= 15 is 0 Å². The zero-order valence-electron chi connectivity index (χ0n) is 10.8. The normalized spacial score (nSPS) is 10.7. The molecule has 4 nitrogen and oxygen atoms in total. The Balaban J connectivity index is 2.41. The van der Waals surface area contributed by atoms with Crippen LogP contribution in [-0.4, -0.2) is 9.55 Å². The Morgan fingerprint density at radius 3 is 2.75 bits per heavy atom. The third kappa shape index (κ3) is 1.77. The van der Waals surface area contributed by atoms with Crippen molar-refractivity contribution in [3.05, 3.63) is 52.0 Å². The first-order chi connectivity index (χ1) is 9.63. The van der Waals surface area contributed by atoms with Gasteiger partial charge in [0, 0.05) is 4.47 Å². The molecule has 0 saturated heterocycles. The van der Waals surface area contributed by atoms with E-state index < -0.39 is 0 Å². The lowest BCUT2D eigenvalue weighted by Crippen LogP contribution is -2.02. The molecule has 3 rings (SSSR count). The molecule has 0 aliphatic rings. The zero-order valence-corrected chi connectivity index (χ0v) is 12.3. The molecule has 2 N–H and O–H groups in total. The number of para-hydroxylation sites is 1. The summed E-state index contributed by atoms with van der Waals surface area (Å²) >= 11 is 3.59. The van der Waals surface area contributed by atoms with E-state index in [4.69, 9.17) is 11.0 Å². The van der Waals surface area contributed by atoms with Crippen LogP contribution in [0.25, 0.3) is 16.7 Å². The van der Waals surface area contributed by atoms with Crippen LogP contribution in [0.3, 0.4) is 0 Å². The molecule has 20 heavy (non-hydrogen) atoms. The quantitative estimate of drug-likeness (QED) is 0.743. The molecule has 0 saturated carbocycles. The van der Waals surface area contributed by atoms with Crippen LogP contribution in [-0.2, 0) is 0 Å². The predicted octanol–water partition coefficient (Wildman–Crippen LogP) is 3.55. The van der Waals surface area contributed by atoms with E-state index in [-0.39, 0.29) is 0 Å². The van der Waals surface area contributed by atoms with Crippen LogP contribution in [0.4, 0.5) is 5.95 Å². The minimum absolute atomic E-state index is 0.369. The monoisotopic (exact) mass is 326 g/mol. The average molecular weight is 327 g/mol. The Kier molecular flexibility index (Phi) is 2.96. The largest absolute Gasteiger partial charge is 0.369 e. The maximum absolute atomic E-state index is 9.16. The lowest BCUT2D eigenvalue weighted by Gasteiger charge is -2.10. The molecular formula is C15H11BrN4. The van der Waals surface area contributed by atoms with E-state index in [1.165, 1.54) is 0 Å². The van der Waals surface area contributed by atoms with Crippen LogP contribution < -0.4 is 5.73 Å². The van der Waals surface area contributed by atoms with Gasteiger partial charge in [-0.25, -0.2) is 4.98 Å². The van der Waals surface area contributed by atoms with Crippen molar-refractivity contribution in [3.8, 4) is 11.8 Å². The summed E-state index contributed by atoms with van der Waals surface area (Å²) < 4.78 is 2.82. The molecule has 0 radical (unpaired) electrons. The Morgan fingerprint density at radius 1 is 1.25 bits per heavy atom. The maximum atomic E-state index is 9.16. The number of halogens is 1. The van der Waals surface area contributed by atoms with Gasteiger partial charge in [0.05, 0.1) is 16.8 Å². The highest BCUT2D eigenvalue weighted by Crippen LogP contribution is 2.31. The van der Waals surface area contributed by atoms with Crippen molar-refractivity contribution in [1.82, 2.24) is 9.55 Å². The number of nitrogens with zero attached hydrogens (tertiary/aromatic N) is 3. The fourth-order valence-electron chi connectivity index (χ4n) is 2.27. The molecule has 0 aliphatic carbocycles. The molecule has 0 spiro atoms. The Bertz CT molecular complexity index is 858. The van der Waals surface area contributed by atoms with Gasteiger partial charge in [0.25, 0.3) is 0 Å². The zero-order chi connectivity index (χ0) is 14.3. The highest BCUT2D eigenvalue weighted by Gasteiger charge is 2.15. The van der Waals surface area contributed by atoms with E-state index in [2.05, 4.69) is 27.0 Å². The molecule has 1 heterocycles. The van der Waals surface area contributed by atoms with Gasteiger partial charge in [0.1, 0.15) is 11.6 Å². The second kappa shape index (κ2) is 4.66. The van der Waals surface area contributed by atoms with Crippen LogP contribution in [0.2, 0.25) is 0 Å². The van der Waals surface area contributed by atoms with Gasteiger partial charge < -0.3 is 5.73 Å². The summed E-state index contributed by atoms with van der Waals surface area (Å²) in [5, 5.41) is 9.16. The highest BCUT2D eigenvalue weighted by molar-refractivity contribution is 9.10. The third-order valence-electron chi connectivity index (χ3n) is 3.24. The van der Waals surface area contributed by atoms with Crippen LogP contribution in [0.5, 0.6) is 0 Å². The SMILES string of the molecule is Cc1cccc(-n2c(N)nc3c(C#N)cccc32)c1Br. The summed E-state index contributed by atoms with van der Waals surface area (Å²) in [6, 6.07) is 13.6. The molecular weight excluding hydrogens is 316 g/mol. The second-order valence-electron chi connectivity index (χ2n) is 4.50. The number of anilines is 1. The summed E-state index contributed by atoms with van der Waals surface area (Å²) in [6.45, 7) is 2.02. The standard InChI is InChI=1S/C15H11BrN4/c1-9-4-2-6-11(13(9)16)20-12-7-3-5-10(8-17)14(12)19-15(20)18/h2-7H,1H3,(H2,18,19). The molecule has 0 fully saturated rings. The molecule has 3 aromatic rings. The van der Waals surface area contributed by atoms with Crippen molar-refractivity contribution in [2.75, 3.05) is 5.73 Å². The minimum atomic E-state index is 0.369. The van der Waals surface area contributed by atoms with Crippen molar-refractivity contribution in [1.29, 1.82) is 5.26 Å². The van der Waals surface area contributed by atoms with E-state index in [1.807, 2.05) is 41.8 Å². The molecule has 0 unspecified atom stereocenters. The van der Waals surface area contributed by atoms with E-state index in [9.17, 15) is 0 Å². The van der Waals surface area contributed by atoms with Gasteiger partial charge in [-0.3, -0.25) is 4.57 Å². The Hall–Kier alpha value is -2.32. The summed E-state index contributed by atoms with van der Waals surface area (Å²) in [7, 11) is 0. The summed E-state index contributed by atoms with van der Waals surface area (Å²) in [4.78, 5) is 4.33. The number of rotatable bonds is 1. The van der Waals surface area contributed by atoms with Crippen molar-refractivity contribution in [3.63, 3.8) is 0 Å². The van der Waals surface area contributed by atoms with Crippen molar-refractivity contribution < 1.29 is 0 Å². The fourth-order valence-corrected chi connectivity index (χ4v) is 2.71. The first-order valence-corrected chi connectivity index (χ1v) is 6.85. The predicted molar refractivity (Wildman–Crippen MR) is 82.6 cm³/mol. The number of aromatic nitrogens is 2. The first kappa shape index (κ1) is 12.7. The number of hydrogen-bond acceptors (Lipinski definition) is 3. The number of aryl methyl sites for hydroxylation is 1. The Labute approximate surface area is 124 Å². The van der Waals surface area contributed by atoms with E-state index in [0.29, 0.717) is 17.0 Å². The van der Waals surface area contributed by atoms with Gasteiger partial charge in [-0.2, -0.15) is 5.26 Å². The molecule has 0 aliphatic heterocycles. The highest BCUT2D eigenvalue weighted by atomic mass is 79.9. The molecule has 2 aromatic carbocycles. The summed E-state index contributed by atoms with van der Waals surface area (Å²) in [6.07, 6.45) is 0. The molecule has 0 bridgehead atoms. The van der Waals surface area contributed by atoms with Gasteiger partial charge in [0.15, 0.2) is 0 Å². The smallest absolute Gasteiger partial charge is 0.206 e. The second-order valence-corrected chi connectivity index (χ2v) is 5.29. The molecule has 1 aromatic heterocycles. The molecule has 0 amide bonds. The summed E-state index contributed by atoms with van der Waals surface area (Å²) in [5.41, 5.74) is 10.1. The van der Waals surface area contributed by atoms with Gasteiger partial charge in [-0.05, 0) is 46.6 Å². The van der Waals surface area contributed by atoms with Gasteiger partial charge in [-0.1, -0.05) is 18.2 Å². The number of nitrogens with two attached hydrogens (primary N) is 1. The van der Waals surface area contributed by atoms with Crippen LogP contribution in [0.1, 0.15) is 11.1 Å². The van der Waals surface area contributed by atoms with Gasteiger partial charge in [-0.15, -0.1) is 0 Å². The average Bonchev–Trinajstić information content (AvgIpc) is 2.78. The lowest BCUT2D eigenvalue weighted by atomic mass is 10.2. The van der Waals surface area contributed by atoms with Crippen molar-refractivity contribution in [2.24, 2.45) is 0 Å². The van der Waals surface area contributed by atoms with E-state index in [1.54, 1.807) is 6.07 Å². The lowest BCUT2D eigenvalue weighted by molar-refractivity contribution is 1.09. The summed E-state index contributed by atoms with van der Waals surface area (Å²) in [5.74, 6) is 0.369. The molecule has 0 atom stereocenters. The van der Waals surface area contributed by atoms with E-state index in [0.717, 1.165) is 21.2 Å².